The van der Waals surface area contributed by atoms with Crippen LogP contribution in [-0.2, 0) is 11.3 Å². The molecule has 0 radical (unpaired) electrons. The highest BCUT2D eigenvalue weighted by Gasteiger charge is 2.33. The van der Waals surface area contributed by atoms with Crippen LogP contribution in [0.1, 0.15) is 63.9 Å². The number of aryl methyl sites for hydroxylation is 1. The molecule has 9 nitrogen and oxygen atoms in total. The van der Waals surface area contributed by atoms with Crippen LogP contribution in [0.5, 0.6) is 0 Å². The lowest BCUT2D eigenvalue weighted by Crippen LogP contribution is -2.47. The van der Waals surface area contributed by atoms with Gasteiger partial charge < -0.3 is 5.32 Å². The van der Waals surface area contributed by atoms with E-state index in [9.17, 15) is 14.8 Å². The highest BCUT2D eigenvalue weighted by molar-refractivity contribution is 6.11. The van der Waals surface area contributed by atoms with Gasteiger partial charge in [-0.3, -0.25) is 19.5 Å². The Balaban J connectivity index is 1.55. The molecule has 1 fully saturated rings. The molecule has 0 unspecified atom stereocenters. The van der Waals surface area contributed by atoms with Crippen molar-refractivity contribution in [1.82, 2.24) is 20.2 Å². The van der Waals surface area contributed by atoms with E-state index in [0.29, 0.717) is 24.0 Å². The predicted octanol–water partition coefficient (Wildman–Crippen LogP) is 4.20. The van der Waals surface area contributed by atoms with Crippen LogP contribution in [-0.4, -0.2) is 50.0 Å². The molecule has 0 bridgehead atoms. The second-order valence-corrected chi connectivity index (χ2v) is 9.74. The van der Waals surface area contributed by atoms with Gasteiger partial charge in [-0.15, -0.1) is 0 Å². The number of nitrogens with one attached hydrogen (secondary N) is 1. The molecule has 3 heterocycles. The number of allylic oxidation sites excluding steroid dienone is 5. The number of rotatable bonds is 5. The van der Waals surface area contributed by atoms with E-state index in [1.165, 1.54) is 0 Å². The number of aromatic nitrogens is 2. The normalized spacial score (nSPS) is 24.0. The quantitative estimate of drug-likeness (QED) is 0.642. The number of aliphatic imine (C=N–C) groups is 2. The maximum atomic E-state index is 13.4. The summed E-state index contributed by atoms with van der Waals surface area (Å²) in [4.78, 5) is 35.1. The van der Waals surface area contributed by atoms with Gasteiger partial charge in [0, 0.05) is 36.9 Å². The zero-order chi connectivity index (χ0) is 25.8. The van der Waals surface area contributed by atoms with Gasteiger partial charge in [0.05, 0.1) is 0 Å². The summed E-state index contributed by atoms with van der Waals surface area (Å²) >= 11 is 0. The Morgan fingerprint density at radius 2 is 1.86 bits per heavy atom. The van der Waals surface area contributed by atoms with Crippen LogP contribution in [0.3, 0.4) is 0 Å². The summed E-state index contributed by atoms with van der Waals surface area (Å²) in [5.41, 5.74) is 4.08. The number of carbonyl (C=O) groups is 2. The van der Waals surface area contributed by atoms with Crippen molar-refractivity contribution < 1.29 is 14.8 Å². The molecule has 36 heavy (non-hydrogen) atoms. The van der Waals surface area contributed by atoms with Gasteiger partial charge in [0.1, 0.15) is 11.7 Å². The molecule has 1 saturated carbocycles. The topological polar surface area (TPSA) is 112 Å². The largest absolute Gasteiger partial charge is 0.339 e. The summed E-state index contributed by atoms with van der Waals surface area (Å²) in [6, 6.07) is 0.942. The van der Waals surface area contributed by atoms with Gasteiger partial charge in [-0.1, -0.05) is 19.8 Å². The molecule has 4 rings (SSSR count). The average molecular weight is 491 g/mol. The van der Waals surface area contributed by atoms with Gasteiger partial charge in [-0.05, 0) is 80.4 Å². The maximum Gasteiger partial charge on any atom is 0.270 e. The van der Waals surface area contributed by atoms with Crippen LogP contribution in [0, 0.1) is 11.8 Å². The van der Waals surface area contributed by atoms with Crippen molar-refractivity contribution in [2.75, 3.05) is 0 Å². The van der Waals surface area contributed by atoms with Crippen molar-refractivity contribution in [2.45, 2.75) is 66.0 Å². The Bertz CT molecular complexity index is 1170. The molecule has 2 amide bonds. The molecule has 9 heteroatoms. The lowest BCUT2D eigenvalue weighted by Gasteiger charge is -2.31. The van der Waals surface area contributed by atoms with Crippen molar-refractivity contribution in [3.05, 3.63) is 64.8 Å². The van der Waals surface area contributed by atoms with Gasteiger partial charge in [-0.25, -0.2) is 10.1 Å². The van der Waals surface area contributed by atoms with Gasteiger partial charge in [0.2, 0.25) is 0 Å². The van der Waals surface area contributed by atoms with Crippen LogP contribution < -0.4 is 5.32 Å². The van der Waals surface area contributed by atoms with E-state index in [-0.39, 0.29) is 17.7 Å². The van der Waals surface area contributed by atoms with E-state index in [1.54, 1.807) is 41.6 Å². The Labute approximate surface area is 211 Å². The predicted molar refractivity (Wildman–Crippen MR) is 139 cm³/mol. The van der Waals surface area contributed by atoms with Crippen molar-refractivity contribution in [1.29, 1.82) is 0 Å². The minimum absolute atomic E-state index is 0.0264. The van der Waals surface area contributed by atoms with E-state index >= 15 is 0 Å². The zero-order valence-corrected chi connectivity index (χ0v) is 21.3. The smallest absolute Gasteiger partial charge is 0.270 e. The fourth-order valence-electron chi connectivity index (χ4n) is 5.11. The molecule has 2 aliphatic heterocycles. The van der Waals surface area contributed by atoms with Crippen LogP contribution in [0.2, 0.25) is 0 Å². The van der Waals surface area contributed by atoms with Crippen LogP contribution in [0.25, 0.3) is 0 Å². The number of dihydropyridines is 1. The van der Waals surface area contributed by atoms with E-state index in [1.807, 2.05) is 26.8 Å². The van der Waals surface area contributed by atoms with Crippen LogP contribution >= 0.6 is 0 Å². The summed E-state index contributed by atoms with van der Waals surface area (Å²) in [5, 5.41) is 17.9. The number of carbonyl (C=O) groups excluding carboxylic acids is 2. The first kappa shape index (κ1) is 25.5. The molecule has 1 aliphatic carbocycles. The van der Waals surface area contributed by atoms with Crippen molar-refractivity contribution in [2.24, 2.45) is 21.8 Å². The SMILES string of the molecule is CCn1nccc1C(=O)N[C@H](C(=O)N=C1C=CC(=C2C(C)=CN(O)C=C2C)C=N1)C1CCC(C)CC1. The molecule has 0 saturated heterocycles. The lowest BCUT2D eigenvalue weighted by atomic mass is 9.79. The molecule has 1 atom stereocenters. The highest BCUT2D eigenvalue weighted by atomic mass is 16.5. The Morgan fingerprint density at radius 1 is 1.17 bits per heavy atom. The highest BCUT2D eigenvalue weighted by Crippen LogP contribution is 2.31. The van der Waals surface area contributed by atoms with Crippen LogP contribution in [0.15, 0.2) is 69.1 Å². The summed E-state index contributed by atoms with van der Waals surface area (Å²) in [7, 11) is 0. The Hall–Kier alpha value is -3.59. The molecule has 0 spiro atoms. The summed E-state index contributed by atoms with van der Waals surface area (Å²) in [6.07, 6.45) is 13.9. The third-order valence-corrected chi connectivity index (χ3v) is 7.04. The lowest BCUT2D eigenvalue weighted by molar-refractivity contribution is -0.121. The third-order valence-electron chi connectivity index (χ3n) is 7.04. The molecule has 2 N–H and O–H groups in total. The van der Waals surface area contributed by atoms with Gasteiger partial charge in [0.15, 0.2) is 5.84 Å². The number of nitrogens with zero attached hydrogens (tertiary/aromatic N) is 5. The Kier molecular flexibility index (Phi) is 7.79. The molecule has 1 aromatic heterocycles. The second-order valence-electron chi connectivity index (χ2n) is 9.74. The molecule has 0 aromatic carbocycles. The monoisotopic (exact) mass is 490 g/mol. The third kappa shape index (κ3) is 5.62. The minimum Gasteiger partial charge on any atom is -0.339 e. The van der Waals surface area contributed by atoms with Gasteiger partial charge in [0.25, 0.3) is 11.8 Å². The van der Waals surface area contributed by atoms with Crippen LogP contribution in [0.4, 0.5) is 0 Å². The van der Waals surface area contributed by atoms with Crippen molar-refractivity contribution in [3.63, 3.8) is 0 Å². The number of hydroxylamine groups is 2. The second kappa shape index (κ2) is 11.0. The summed E-state index contributed by atoms with van der Waals surface area (Å²) in [6.45, 7) is 8.53. The number of amides is 2. The average Bonchev–Trinajstić information content (AvgIpc) is 3.33. The maximum absolute atomic E-state index is 13.4. The van der Waals surface area contributed by atoms with E-state index in [4.69, 9.17) is 0 Å². The first-order valence-corrected chi connectivity index (χ1v) is 12.5. The molecule has 190 valence electrons. The Morgan fingerprint density at radius 3 is 2.47 bits per heavy atom. The zero-order valence-electron chi connectivity index (χ0n) is 21.3. The standard InChI is InChI=1S/C27H34N6O3/c1-5-33-22(12-13-29-33)26(34)31-25(20-8-6-17(2)7-9-20)27(35)30-23-11-10-21(14-28-23)24-18(3)15-32(36)16-19(24)4/h10-17,20,25,36H,5-9H2,1-4H3,(H,31,34)/t17?,20?,25-/m0/s1. The first-order valence-electron chi connectivity index (χ1n) is 12.5. The first-order chi connectivity index (χ1) is 17.3. The number of hydrogen-bond acceptors (Lipinski definition) is 5. The fraction of sp³-hybridized carbons (Fsp3) is 0.444. The number of hydrogen-bond donors (Lipinski definition) is 2. The molecule has 1 aromatic rings. The minimum atomic E-state index is -0.717. The molecular formula is C27H34N6O3. The van der Waals surface area contributed by atoms with Crippen molar-refractivity contribution in [3.8, 4) is 0 Å². The van der Waals surface area contributed by atoms with E-state index in [0.717, 1.165) is 53.0 Å². The summed E-state index contributed by atoms with van der Waals surface area (Å²) in [5.74, 6) is 0.235. The van der Waals surface area contributed by atoms with Gasteiger partial charge in [-0.2, -0.15) is 10.1 Å². The van der Waals surface area contributed by atoms with Crippen molar-refractivity contribution >= 4 is 23.9 Å². The van der Waals surface area contributed by atoms with E-state index in [2.05, 4.69) is 27.3 Å². The molecule has 3 aliphatic rings. The van der Waals surface area contributed by atoms with Gasteiger partial charge >= 0.3 is 0 Å². The number of amidine groups is 1. The molecular weight excluding hydrogens is 456 g/mol. The summed E-state index contributed by atoms with van der Waals surface area (Å²) < 4.78 is 1.61. The fourth-order valence-corrected chi connectivity index (χ4v) is 5.11. The van der Waals surface area contributed by atoms with E-state index < -0.39 is 6.04 Å².